The minimum absolute atomic E-state index is 0.672. The number of halogens is 1. The molecule has 6 heteroatoms. The highest BCUT2D eigenvalue weighted by molar-refractivity contribution is 9.10. The van der Waals surface area contributed by atoms with Crippen LogP contribution in [0.3, 0.4) is 0 Å². The fourth-order valence-electron chi connectivity index (χ4n) is 2.62. The van der Waals surface area contributed by atoms with Crippen molar-refractivity contribution in [3.8, 4) is 0 Å². The lowest BCUT2D eigenvalue weighted by molar-refractivity contribution is 0.379. The molecule has 3 heterocycles. The Morgan fingerprint density at radius 3 is 3.17 bits per heavy atom. The van der Waals surface area contributed by atoms with Crippen LogP contribution in [0, 0.1) is 10.7 Å². The van der Waals surface area contributed by atoms with Crippen LogP contribution in [-0.2, 0) is 6.54 Å². The number of H-pyrrole nitrogens is 1. The van der Waals surface area contributed by atoms with Gasteiger partial charge in [-0.25, -0.2) is 4.98 Å². The molecule has 0 aliphatic carbocycles. The lowest BCUT2D eigenvalue weighted by atomic mass is 10.1. The van der Waals surface area contributed by atoms with Crippen molar-refractivity contribution in [3.63, 3.8) is 0 Å². The third-order valence-corrected chi connectivity index (χ3v) is 4.26. The van der Waals surface area contributed by atoms with Gasteiger partial charge in [0.1, 0.15) is 0 Å². The largest absolute Gasteiger partial charge is 0.329 e. The van der Waals surface area contributed by atoms with E-state index in [1.165, 1.54) is 13.0 Å². The molecule has 0 radical (unpaired) electrons. The topological polar surface area (TPSA) is 36.9 Å². The molecule has 1 N–H and O–H groups in total. The van der Waals surface area contributed by atoms with E-state index in [1.54, 1.807) is 0 Å². The summed E-state index contributed by atoms with van der Waals surface area (Å²) < 4.78 is 3.87. The zero-order valence-corrected chi connectivity index (χ0v) is 12.6. The van der Waals surface area contributed by atoms with E-state index < -0.39 is 0 Å². The molecule has 0 bridgehead atoms. The summed E-state index contributed by atoms with van der Waals surface area (Å²) >= 11 is 8.83. The van der Waals surface area contributed by atoms with Gasteiger partial charge in [0, 0.05) is 23.8 Å². The van der Waals surface area contributed by atoms with E-state index in [0.29, 0.717) is 5.92 Å². The number of imidazole rings is 1. The molecule has 1 atom stereocenters. The number of aromatic nitrogens is 3. The highest BCUT2D eigenvalue weighted by atomic mass is 79.9. The molecule has 1 aliphatic rings. The zero-order valence-electron chi connectivity index (χ0n) is 10.2. The van der Waals surface area contributed by atoms with E-state index in [-0.39, 0.29) is 0 Å². The van der Waals surface area contributed by atoms with Gasteiger partial charge in [-0.15, -0.1) is 0 Å². The Hall–Kier alpha value is -0.720. The van der Waals surface area contributed by atoms with E-state index in [0.717, 1.165) is 33.5 Å². The summed E-state index contributed by atoms with van der Waals surface area (Å²) in [6.45, 7) is 3.28. The highest BCUT2D eigenvalue weighted by Gasteiger charge is 2.21. The van der Waals surface area contributed by atoms with Gasteiger partial charge in [0.2, 0.25) is 0 Å². The summed E-state index contributed by atoms with van der Waals surface area (Å²) in [4.78, 5) is 10.1. The minimum atomic E-state index is 0.672. The number of hydrogen-bond acceptors (Lipinski definition) is 3. The minimum Gasteiger partial charge on any atom is -0.329 e. The molecule has 1 fully saturated rings. The lowest BCUT2D eigenvalue weighted by Crippen LogP contribution is -2.17. The molecule has 0 amide bonds. The zero-order chi connectivity index (χ0) is 12.7. The molecule has 2 aromatic rings. The van der Waals surface area contributed by atoms with Crippen molar-refractivity contribution < 1.29 is 0 Å². The highest BCUT2D eigenvalue weighted by Crippen LogP contribution is 2.21. The number of nitrogens with one attached hydrogen (secondary N) is 1. The van der Waals surface area contributed by atoms with Gasteiger partial charge in [-0.3, -0.25) is 0 Å². The first-order valence-corrected chi connectivity index (χ1v) is 7.26. The second-order valence-corrected chi connectivity index (χ2v) is 6.28. The van der Waals surface area contributed by atoms with Crippen LogP contribution in [0.25, 0.3) is 11.2 Å². The van der Waals surface area contributed by atoms with Gasteiger partial charge in [-0.2, -0.15) is 0 Å². The molecular weight excluding hydrogens is 312 g/mol. The Kier molecular flexibility index (Phi) is 3.25. The van der Waals surface area contributed by atoms with Crippen LogP contribution in [0.5, 0.6) is 0 Å². The Balaban J connectivity index is 1.96. The summed E-state index contributed by atoms with van der Waals surface area (Å²) in [5.41, 5.74) is 1.96. The average Bonchev–Trinajstić information content (AvgIpc) is 2.84. The third kappa shape index (κ3) is 2.24. The Labute approximate surface area is 119 Å². The average molecular weight is 327 g/mol. The number of likely N-dealkylation sites (tertiary alicyclic amines) is 1. The monoisotopic (exact) mass is 326 g/mol. The maximum absolute atomic E-state index is 5.40. The molecule has 4 nitrogen and oxygen atoms in total. The van der Waals surface area contributed by atoms with Crippen LogP contribution in [0.2, 0.25) is 0 Å². The van der Waals surface area contributed by atoms with E-state index in [9.17, 15) is 0 Å². The Morgan fingerprint density at radius 1 is 1.61 bits per heavy atom. The van der Waals surface area contributed by atoms with E-state index >= 15 is 0 Å². The Bertz CT molecular complexity index is 633. The SMILES string of the molecule is CN1CCC(Cn2c(=S)[nH]c3cc(Br)cnc32)C1. The molecule has 2 aromatic heterocycles. The van der Waals surface area contributed by atoms with Crippen LogP contribution < -0.4 is 0 Å². The first-order chi connectivity index (χ1) is 8.63. The molecule has 18 heavy (non-hydrogen) atoms. The molecule has 0 aromatic carbocycles. The lowest BCUT2D eigenvalue weighted by Gasteiger charge is -2.11. The van der Waals surface area contributed by atoms with Gasteiger partial charge in [0.15, 0.2) is 10.4 Å². The number of nitrogens with zero attached hydrogens (tertiary/aromatic N) is 3. The maximum Gasteiger partial charge on any atom is 0.179 e. The predicted molar refractivity (Wildman–Crippen MR) is 78.2 cm³/mol. The first-order valence-electron chi connectivity index (χ1n) is 6.06. The second kappa shape index (κ2) is 4.75. The summed E-state index contributed by atoms with van der Waals surface area (Å²) in [5, 5.41) is 0. The van der Waals surface area contributed by atoms with Crippen molar-refractivity contribution in [2.24, 2.45) is 5.92 Å². The van der Waals surface area contributed by atoms with Gasteiger partial charge in [0.05, 0.1) is 5.52 Å². The number of fused-ring (bicyclic) bond motifs is 1. The van der Waals surface area contributed by atoms with Gasteiger partial charge in [-0.1, -0.05) is 0 Å². The number of rotatable bonds is 2. The van der Waals surface area contributed by atoms with Crippen LogP contribution in [-0.4, -0.2) is 39.6 Å². The smallest absolute Gasteiger partial charge is 0.179 e. The second-order valence-electron chi connectivity index (χ2n) is 4.98. The van der Waals surface area contributed by atoms with Crippen molar-refractivity contribution in [1.29, 1.82) is 0 Å². The summed E-state index contributed by atoms with van der Waals surface area (Å²) in [7, 11) is 2.17. The quantitative estimate of drug-likeness (QED) is 0.862. The van der Waals surface area contributed by atoms with Crippen molar-refractivity contribution in [2.75, 3.05) is 20.1 Å². The maximum atomic E-state index is 5.40. The van der Waals surface area contributed by atoms with E-state index in [1.807, 2.05) is 12.3 Å². The van der Waals surface area contributed by atoms with Crippen LogP contribution >= 0.6 is 28.1 Å². The molecule has 1 aliphatic heterocycles. The number of hydrogen-bond donors (Lipinski definition) is 1. The summed E-state index contributed by atoms with van der Waals surface area (Å²) in [6.07, 6.45) is 3.06. The normalized spacial score (nSPS) is 20.9. The first kappa shape index (κ1) is 12.3. The molecular formula is C12H15BrN4S. The number of aromatic amines is 1. The third-order valence-electron chi connectivity index (χ3n) is 3.51. The summed E-state index contributed by atoms with van der Waals surface area (Å²) in [6, 6.07) is 2.02. The standard InChI is InChI=1S/C12H15BrN4S/c1-16-3-2-8(6-16)7-17-11-10(15-12(17)18)4-9(13)5-14-11/h4-5,8H,2-3,6-7H2,1H3,(H,15,18). The van der Waals surface area contributed by atoms with Gasteiger partial charge in [0.25, 0.3) is 0 Å². The van der Waals surface area contributed by atoms with Crippen molar-refractivity contribution in [2.45, 2.75) is 13.0 Å². The predicted octanol–water partition coefficient (Wildman–Crippen LogP) is 2.81. The molecule has 96 valence electrons. The van der Waals surface area contributed by atoms with Gasteiger partial charge in [-0.05, 0) is 60.1 Å². The molecule has 3 rings (SSSR count). The van der Waals surface area contributed by atoms with Crippen LogP contribution in [0.1, 0.15) is 6.42 Å². The van der Waals surface area contributed by atoms with Gasteiger partial charge < -0.3 is 14.5 Å². The van der Waals surface area contributed by atoms with Crippen molar-refractivity contribution >= 4 is 39.3 Å². The molecule has 0 spiro atoms. The fourth-order valence-corrected chi connectivity index (χ4v) is 3.22. The van der Waals surface area contributed by atoms with E-state index in [4.69, 9.17) is 12.2 Å². The van der Waals surface area contributed by atoms with Crippen molar-refractivity contribution in [1.82, 2.24) is 19.4 Å². The fraction of sp³-hybridized carbons (Fsp3) is 0.500. The van der Waals surface area contributed by atoms with Crippen LogP contribution in [0.4, 0.5) is 0 Å². The summed E-state index contributed by atoms with van der Waals surface area (Å²) in [5.74, 6) is 0.672. The molecule has 0 saturated carbocycles. The van der Waals surface area contributed by atoms with Crippen molar-refractivity contribution in [3.05, 3.63) is 21.5 Å². The Morgan fingerprint density at radius 2 is 2.44 bits per heavy atom. The molecule has 1 unspecified atom stereocenters. The number of pyridine rings is 1. The molecule has 1 saturated heterocycles. The van der Waals surface area contributed by atoms with Crippen LogP contribution in [0.15, 0.2) is 16.7 Å². The van der Waals surface area contributed by atoms with Gasteiger partial charge >= 0.3 is 0 Å². The van der Waals surface area contributed by atoms with E-state index in [2.05, 4.69) is 42.4 Å².